The standard InChI is InChI=1S/C14H12ClN5O/c1-20-7-9(6-17-20)11-5-13(16)19-14(18-11)8-2-3-12(21)10(15)4-8/h2-7,21H,1H3,(H2,16,18,19). The van der Waals surface area contributed by atoms with Crippen LogP contribution in [0.2, 0.25) is 5.02 Å². The molecule has 6 nitrogen and oxygen atoms in total. The molecule has 0 aliphatic heterocycles. The van der Waals surface area contributed by atoms with Crippen molar-refractivity contribution in [1.29, 1.82) is 0 Å². The molecule has 106 valence electrons. The maximum absolute atomic E-state index is 9.47. The SMILES string of the molecule is Cn1cc(-c2cc(N)nc(-c3ccc(O)c(Cl)c3)n2)cn1. The van der Waals surface area contributed by atoms with E-state index in [1.54, 1.807) is 29.1 Å². The van der Waals surface area contributed by atoms with E-state index in [0.717, 1.165) is 5.56 Å². The van der Waals surface area contributed by atoms with Crippen LogP contribution in [0, 0.1) is 0 Å². The Morgan fingerprint density at radius 3 is 2.67 bits per heavy atom. The predicted octanol–water partition coefficient (Wildman–Crippen LogP) is 2.49. The third-order valence-electron chi connectivity index (χ3n) is 2.95. The van der Waals surface area contributed by atoms with E-state index >= 15 is 0 Å². The summed E-state index contributed by atoms with van der Waals surface area (Å²) in [6, 6.07) is 6.46. The molecule has 21 heavy (non-hydrogen) atoms. The number of rotatable bonds is 2. The van der Waals surface area contributed by atoms with Crippen molar-refractivity contribution in [3.8, 4) is 28.4 Å². The maximum Gasteiger partial charge on any atom is 0.162 e. The Hall–Kier alpha value is -2.60. The number of aromatic nitrogens is 4. The number of aryl methyl sites for hydroxylation is 1. The third-order valence-corrected chi connectivity index (χ3v) is 3.26. The third kappa shape index (κ3) is 2.66. The van der Waals surface area contributed by atoms with Crippen LogP contribution in [0.5, 0.6) is 5.75 Å². The van der Waals surface area contributed by atoms with E-state index in [4.69, 9.17) is 17.3 Å². The average Bonchev–Trinajstić information content (AvgIpc) is 2.88. The number of phenols is 1. The fraction of sp³-hybridized carbons (Fsp3) is 0.0714. The van der Waals surface area contributed by atoms with E-state index in [2.05, 4.69) is 15.1 Å². The number of anilines is 1. The molecule has 0 unspecified atom stereocenters. The highest BCUT2D eigenvalue weighted by molar-refractivity contribution is 6.32. The molecule has 7 heteroatoms. The predicted molar refractivity (Wildman–Crippen MR) is 80.8 cm³/mol. The van der Waals surface area contributed by atoms with Crippen molar-refractivity contribution in [1.82, 2.24) is 19.7 Å². The molecule has 0 amide bonds. The molecule has 1 aromatic carbocycles. The molecule has 0 aliphatic carbocycles. The largest absolute Gasteiger partial charge is 0.506 e. The van der Waals surface area contributed by atoms with Gasteiger partial charge in [0.1, 0.15) is 11.6 Å². The van der Waals surface area contributed by atoms with Crippen LogP contribution >= 0.6 is 11.6 Å². The van der Waals surface area contributed by atoms with Gasteiger partial charge in [0.25, 0.3) is 0 Å². The minimum absolute atomic E-state index is 0.0109. The summed E-state index contributed by atoms with van der Waals surface area (Å²) < 4.78 is 1.69. The number of nitrogens with two attached hydrogens (primary N) is 1. The highest BCUT2D eigenvalue weighted by Gasteiger charge is 2.10. The zero-order valence-electron chi connectivity index (χ0n) is 11.2. The molecule has 0 saturated carbocycles. The summed E-state index contributed by atoms with van der Waals surface area (Å²) in [5.74, 6) is 0.801. The topological polar surface area (TPSA) is 89.9 Å². The molecule has 0 saturated heterocycles. The lowest BCUT2D eigenvalue weighted by Gasteiger charge is -2.06. The normalized spacial score (nSPS) is 10.8. The maximum atomic E-state index is 9.47. The number of hydrogen-bond acceptors (Lipinski definition) is 5. The van der Waals surface area contributed by atoms with Crippen molar-refractivity contribution in [3.63, 3.8) is 0 Å². The number of phenolic OH excluding ortho intramolecular Hbond substituents is 1. The first-order valence-electron chi connectivity index (χ1n) is 6.15. The summed E-state index contributed by atoms with van der Waals surface area (Å²) in [5.41, 5.74) is 8.05. The quantitative estimate of drug-likeness (QED) is 0.759. The van der Waals surface area contributed by atoms with Crippen molar-refractivity contribution in [2.45, 2.75) is 0 Å². The zero-order valence-corrected chi connectivity index (χ0v) is 11.9. The van der Waals surface area contributed by atoms with E-state index in [1.165, 1.54) is 6.07 Å². The van der Waals surface area contributed by atoms with E-state index in [1.807, 2.05) is 13.2 Å². The minimum Gasteiger partial charge on any atom is -0.506 e. The average molecular weight is 302 g/mol. The summed E-state index contributed by atoms with van der Waals surface area (Å²) in [7, 11) is 1.83. The van der Waals surface area contributed by atoms with Gasteiger partial charge in [-0.1, -0.05) is 11.6 Å². The fourth-order valence-electron chi connectivity index (χ4n) is 1.94. The van der Waals surface area contributed by atoms with Crippen molar-refractivity contribution in [2.75, 3.05) is 5.73 Å². The summed E-state index contributed by atoms with van der Waals surface area (Å²) in [6.07, 6.45) is 3.55. The van der Waals surface area contributed by atoms with E-state index in [0.29, 0.717) is 22.9 Å². The summed E-state index contributed by atoms with van der Waals surface area (Å²) in [4.78, 5) is 8.68. The molecule has 2 aromatic heterocycles. The fourth-order valence-corrected chi connectivity index (χ4v) is 2.12. The highest BCUT2D eigenvalue weighted by Crippen LogP contribution is 2.29. The molecular formula is C14H12ClN5O. The van der Waals surface area contributed by atoms with Crippen LogP contribution in [0.25, 0.3) is 22.6 Å². The molecule has 0 aliphatic rings. The van der Waals surface area contributed by atoms with Gasteiger partial charge in [0, 0.05) is 30.4 Å². The Labute approximate surface area is 125 Å². The first-order chi connectivity index (χ1) is 10.0. The molecule has 0 bridgehead atoms. The van der Waals surface area contributed by atoms with Gasteiger partial charge in [-0.15, -0.1) is 0 Å². The van der Waals surface area contributed by atoms with Crippen molar-refractivity contribution >= 4 is 17.4 Å². The number of nitrogens with zero attached hydrogens (tertiary/aromatic N) is 4. The zero-order chi connectivity index (χ0) is 15.0. The Balaban J connectivity index is 2.11. The van der Waals surface area contributed by atoms with Gasteiger partial charge in [-0.2, -0.15) is 5.10 Å². The van der Waals surface area contributed by atoms with Gasteiger partial charge >= 0.3 is 0 Å². The Morgan fingerprint density at radius 1 is 1.19 bits per heavy atom. The molecule has 0 radical (unpaired) electrons. The van der Waals surface area contributed by atoms with Gasteiger partial charge in [-0.25, -0.2) is 9.97 Å². The van der Waals surface area contributed by atoms with Gasteiger partial charge in [-0.05, 0) is 18.2 Å². The molecule has 3 aromatic rings. The summed E-state index contributed by atoms with van der Waals surface area (Å²) in [6.45, 7) is 0. The molecule has 3 rings (SSSR count). The van der Waals surface area contributed by atoms with Crippen LogP contribution < -0.4 is 5.73 Å². The van der Waals surface area contributed by atoms with Crippen LogP contribution in [0.15, 0.2) is 36.7 Å². The van der Waals surface area contributed by atoms with Crippen LogP contribution in [-0.4, -0.2) is 24.9 Å². The molecule has 0 spiro atoms. The minimum atomic E-state index is 0.0109. The molecule has 0 fully saturated rings. The number of nitrogen functional groups attached to an aromatic ring is 1. The number of aromatic hydroxyl groups is 1. The second-order valence-corrected chi connectivity index (χ2v) is 4.98. The molecule has 3 N–H and O–H groups in total. The van der Waals surface area contributed by atoms with Gasteiger partial charge in [0.15, 0.2) is 5.82 Å². The number of halogens is 1. The lowest BCUT2D eigenvalue weighted by atomic mass is 10.2. The Bertz CT molecular complexity index is 815. The van der Waals surface area contributed by atoms with Crippen molar-refractivity contribution in [2.24, 2.45) is 7.05 Å². The monoisotopic (exact) mass is 301 g/mol. The second kappa shape index (κ2) is 5.06. The van der Waals surface area contributed by atoms with Gasteiger partial charge < -0.3 is 10.8 Å². The number of benzene rings is 1. The molecule has 0 atom stereocenters. The van der Waals surface area contributed by atoms with E-state index in [-0.39, 0.29) is 10.8 Å². The first kappa shape index (κ1) is 13.4. The summed E-state index contributed by atoms with van der Waals surface area (Å²) in [5, 5.41) is 13.8. The number of hydrogen-bond donors (Lipinski definition) is 2. The van der Waals surface area contributed by atoms with E-state index < -0.39 is 0 Å². The Morgan fingerprint density at radius 2 is 2.00 bits per heavy atom. The Kier molecular flexibility index (Phi) is 3.23. The molecule has 2 heterocycles. The first-order valence-corrected chi connectivity index (χ1v) is 6.53. The van der Waals surface area contributed by atoms with Crippen LogP contribution in [0.1, 0.15) is 0 Å². The van der Waals surface area contributed by atoms with Crippen molar-refractivity contribution in [3.05, 3.63) is 41.7 Å². The lowest BCUT2D eigenvalue weighted by Crippen LogP contribution is -1.97. The second-order valence-electron chi connectivity index (χ2n) is 4.57. The van der Waals surface area contributed by atoms with Gasteiger partial charge in [-0.3, -0.25) is 4.68 Å². The van der Waals surface area contributed by atoms with Gasteiger partial charge in [0.2, 0.25) is 0 Å². The smallest absolute Gasteiger partial charge is 0.162 e. The van der Waals surface area contributed by atoms with Crippen LogP contribution in [-0.2, 0) is 7.05 Å². The van der Waals surface area contributed by atoms with E-state index in [9.17, 15) is 5.11 Å². The van der Waals surface area contributed by atoms with Gasteiger partial charge in [0.05, 0.1) is 16.9 Å². The lowest BCUT2D eigenvalue weighted by molar-refractivity contribution is 0.475. The highest BCUT2D eigenvalue weighted by atomic mass is 35.5. The van der Waals surface area contributed by atoms with Crippen LogP contribution in [0.4, 0.5) is 5.82 Å². The summed E-state index contributed by atoms with van der Waals surface area (Å²) >= 11 is 5.91. The molecular weight excluding hydrogens is 290 g/mol. The van der Waals surface area contributed by atoms with Crippen molar-refractivity contribution < 1.29 is 5.11 Å². The van der Waals surface area contributed by atoms with Crippen LogP contribution in [0.3, 0.4) is 0 Å².